The summed E-state index contributed by atoms with van der Waals surface area (Å²) >= 11 is 0. The molecule has 1 heterocycles. The fraction of sp³-hybridized carbons (Fsp3) is 0.227. The third-order valence-electron chi connectivity index (χ3n) is 3.95. The van der Waals surface area contributed by atoms with Crippen LogP contribution in [-0.2, 0) is 0 Å². The van der Waals surface area contributed by atoms with E-state index in [0.717, 1.165) is 47.7 Å². The van der Waals surface area contributed by atoms with Gasteiger partial charge in [-0.1, -0.05) is 43.7 Å². The summed E-state index contributed by atoms with van der Waals surface area (Å²) in [5.41, 5.74) is 6.69. The average molecular weight is 360 g/mol. The summed E-state index contributed by atoms with van der Waals surface area (Å²) in [6.45, 7) is 4.84. The number of benzene rings is 2. The summed E-state index contributed by atoms with van der Waals surface area (Å²) in [6.07, 6.45) is 3.93. The SMILES string of the molecule is CCCCOc1ccc(C=NNc2nc(C)cc(-c3ccccc3)n2)cc1. The molecule has 0 bridgehead atoms. The third-order valence-corrected chi connectivity index (χ3v) is 3.95. The number of aryl methyl sites for hydroxylation is 1. The molecule has 0 spiro atoms. The van der Waals surface area contributed by atoms with Gasteiger partial charge in [0.05, 0.1) is 18.5 Å². The molecule has 1 N–H and O–H groups in total. The highest BCUT2D eigenvalue weighted by atomic mass is 16.5. The van der Waals surface area contributed by atoms with Crippen LogP contribution in [0.2, 0.25) is 0 Å². The van der Waals surface area contributed by atoms with Crippen LogP contribution >= 0.6 is 0 Å². The van der Waals surface area contributed by atoms with Crippen molar-refractivity contribution >= 4 is 12.2 Å². The first-order valence-corrected chi connectivity index (χ1v) is 9.17. The first-order chi connectivity index (χ1) is 13.2. The van der Waals surface area contributed by atoms with Gasteiger partial charge in [0.15, 0.2) is 0 Å². The lowest BCUT2D eigenvalue weighted by atomic mass is 10.1. The zero-order valence-corrected chi connectivity index (χ0v) is 15.7. The van der Waals surface area contributed by atoms with Crippen LogP contribution in [0.4, 0.5) is 5.95 Å². The largest absolute Gasteiger partial charge is 0.494 e. The number of hydrazone groups is 1. The quantitative estimate of drug-likeness (QED) is 0.346. The van der Waals surface area contributed by atoms with Crippen molar-refractivity contribution in [3.05, 3.63) is 71.9 Å². The molecule has 0 atom stereocenters. The summed E-state index contributed by atoms with van der Waals surface area (Å²) in [7, 11) is 0. The van der Waals surface area contributed by atoms with Crippen molar-refractivity contribution in [2.75, 3.05) is 12.0 Å². The Labute approximate surface area is 160 Å². The number of hydrogen-bond acceptors (Lipinski definition) is 5. The Bertz CT molecular complexity index is 877. The Kier molecular flexibility index (Phi) is 6.52. The van der Waals surface area contributed by atoms with Gasteiger partial charge in [-0.15, -0.1) is 0 Å². The Balaban J connectivity index is 1.63. The number of rotatable bonds is 8. The summed E-state index contributed by atoms with van der Waals surface area (Å²) < 4.78 is 5.66. The van der Waals surface area contributed by atoms with Gasteiger partial charge in [0.2, 0.25) is 5.95 Å². The molecule has 0 amide bonds. The molecule has 0 saturated heterocycles. The van der Waals surface area contributed by atoms with Gasteiger partial charge in [-0.2, -0.15) is 5.10 Å². The number of aromatic nitrogens is 2. The van der Waals surface area contributed by atoms with E-state index in [1.807, 2.05) is 67.6 Å². The Morgan fingerprint density at radius 3 is 2.56 bits per heavy atom. The zero-order chi connectivity index (χ0) is 18.9. The molecule has 1 aromatic heterocycles. The van der Waals surface area contributed by atoms with Gasteiger partial charge in [-0.25, -0.2) is 15.4 Å². The molecule has 0 fully saturated rings. The van der Waals surface area contributed by atoms with Gasteiger partial charge in [-0.05, 0) is 49.2 Å². The van der Waals surface area contributed by atoms with Crippen molar-refractivity contribution in [2.24, 2.45) is 5.10 Å². The minimum absolute atomic E-state index is 0.477. The predicted molar refractivity (Wildman–Crippen MR) is 110 cm³/mol. The smallest absolute Gasteiger partial charge is 0.244 e. The molecule has 5 heteroatoms. The third kappa shape index (κ3) is 5.64. The highest BCUT2D eigenvalue weighted by molar-refractivity contribution is 5.80. The number of nitrogens with zero attached hydrogens (tertiary/aromatic N) is 3. The molecule has 3 rings (SSSR count). The first kappa shape index (κ1) is 18.6. The van der Waals surface area contributed by atoms with Crippen molar-refractivity contribution in [1.82, 2.24) is 9.97 Å². The fourth-order valence-electron chi connectivity index (χ4n) is 2.52. The molecule has 2 aromatic carbocycles. The minimum atomic E-state index is 0.477. The lowest BCUT2D eigenvalue weighted by Crippen LogP contribution is -2.00. The van der Waals surface area contributed by atoms with E-state index in [2.05, 4.69) is 27.4 Å². The van der Waals surface area contributed by atoms with Gasteiger partial charge in [0.25, 0.3) is 0 Å². The maximum atomic E-state index is 5.66. The van der Waals surface area contributed by atoms with E-state index in [0.29, 0.717) is 5.95 Å². The van der Waals surface area contributed by atoms with Crippen LogP contribution < -0.4 is 10.2 Å². The molecule has 5 nitrogen and oxygen atoms in total. The summed E-state index contributed by atoms with van der Waals surface area (Å²) in [5.74, 6) is 1.35. The number of anilines is 1. The molecule has 27 heavy (non-hydrogen) atoms. The van der Waals surface area contributed by atoms with Gasteiger partial charge in [-0.3, -0.25) is 0 Å². The normalized spacial score (nSPS) is 10.9. The van der Waals surface area contributed by atoms with Crippen LogP contribution in [0.5, 0.6) is 5.75 Å². The van der Waals surface area contributed by atoms with Crippen molar-refractivity contribution in [1.29, 1.82) is 0 Å². The maximum absolute atomic E-state index is 5.66. The van der Waals surface area contributed by atoms with E-state index in [4.69, 9.17) is 4.74 Å². The summed E-state index contributed by atoms with van der Waals surface area (Å²) in [6, 6.07) is 19.8. The van der Waals surface area contributed by atoms with Crippen LogP contribution in [0.15, 0.2) is 65.8 Å². The molecule has 0 radical (unpaired) electrons. The molecule has 0 aliphatic heterocycles. The van der Waals surface area contributed by atoms with Gasteiger partial charge < -0.3 is 4.74 Å². The van der Waals surface area contributed by atoms with Crippen LogP contribution in [0, 0.1) is 6.92 Å². The van der Waals surface area contributed by atoms with Crippen LogP contribution in [0.3, 0.4) is 0 Å². The predicted octanol–water partition coefficient (Wildman–Crippen LogP) is 5.08. The number of ether oxygens (including phenoxy) is 1. The zero-order valence-electron chi connectivity index (χ0n) is 15.7. The van der Waals surface area contributed by atoms with E-state index >= 15 is 0 Å². The van der Waals surface area contributed by atoms with E-state index in [1.54, 1.807) is 6.21 Å². The van der Waals surface area contributed by atoms with Crippen molar-refractivity contribution in [3.8, 4) is 17.0 Å². The average Bonchev–Trinajstić information content (AvgIpc) is 2.70. The van der Waals surface area contributed by atoms with Gasteiger partial charge in [0.1, 0.15) is 5.75 Å². The Hall–Kier alpha value is -3.21. The second kappa shape index (κ2) is 9.48. The van der Waals surface area contributed by atoms with Crippen molar-refractivity contribution < 1.29 is 4.74 Å². The second-order valence-electron chi connectivity index (χ2n) is 6.23. The lowest BCUT2D eigenvalue weighted by molar-refractivity contribution is 0.309. The first-order valence-electron chi connectivity index (χ1n) is 9.17. The molecule has 0 saturated carbocycles. The lowest BCUT2D eigenvalue weighted by Gasteiger charge is -2.06. The van der Waals surface area contributed by atoms with Gasteiger partial charge in [0, 0.05) is 11.3 Å². The van der Waals surface area contributed by atoms with E-state index in [1.165, 1.54) is 0 Å². The van der Waals surface area contributed by atoms with Crippen molar-refractivity contribution in [2.45, 2.75) is 26.7 Å². The molecular formula is C22H24N4O. The molecule has 0 aliphatic carbocycles. The Morgan fingerprint density at radius 1 is 1.04 bits per heavy atom. The standard InChI is InChI=1S/C22H24N4O/c1-3-4-14-27-20-12-10-18(11-13-20)16-23-26-22-24-17(2)15-21(25-22)19-8-6-5-7-9-19/h5-13,15-16H,3-4,14H2,1-2H3,(H,24,25,26). The van der Waals surface area contributed by atoms with Crippen molar-refractivity contribution in [3.63, 3.8) is 0 Å². The Morgan fingerprint density at radius 2 is 1.81 bits per heavy atom. The summed E-state index contributed by atoms with van der Waals surface area (Å²) in [5, 5.41) is 4.25. The highest BCUT2D eigenvalue weighted by Gasteiger charge is 2.03. The van der Waals surface area contributed by atoms with E-state index in [-0.39, 0.29) is 0 Å². The number of nitrogens with one attached hydrogen (secondary N) is 1. The highest BCUT2D eigenvalue weighted by Crippen LogP contribution is 2.18. The second-order valence-corrected chi connectivity index (χ2v) is 6.23. The van der Waals surface area contributed by atoms with Crippen LogP contribution in [0.25, 0.3) is 11.3 Å². The van der Waals surface area contributed by atoms with E-state index < -0.39 is 0 Å². The minimum Gasteiger partial charge on any atom is -0.494 e. The fourth-order valence-corrected chi connectivity index (χ4v) is 2.52. The summed E-state index contributed by atoms with van der Waals surface area (Å²) in [4.78, 5) is 8.93. The molecule has 138 valence electrons. The number of hydrogen-bond donors (Lipinski definition) is 1. The van der Waals surface area contributed by atoms with E-state index in [9.17, 15) is 0 Å². The number of unbranched alkanes of at least 4 members (excludes halogenated alkanes) is 1. The maximum Gasteiger partial charge on any atom is 0.244 e. The van der Waals surface area contributed by atoms with Gasteiger partial charge >= 0.3 is 0 Å². The monoisotopic (exact) mass is 360 g/mol. The molecule has 0 aliphatic rings. The molecule has 0 unspecified atom stereocenters. The molecular weight excluding hydrogens is 336 g/mol. The van der Waals surface area contributed by atoms with Crippen LogP contribution in [0.1, 0.15) is 31.0 Å². The van der Waals surface area contributed by atoms with Crippen LogP contribution in [-0.4, -0.2) is 22.8 Å². The molecule has 3 aromatic rings. The topological polar surface area (TPSA) is 59.4 Å².